The minimum absolute atomic E-state index is 0.0119. The van der Waals surface area contributed by atoms with Crippen LogP contribution in [-0.4, -0.2) is 29.5 Å². The maximum atomic E-state index is 10.9. The van der Waals surface area contributed by atoms with Crippen LogP contribution in [0.25, 0.3) is 0 Å². The van der Waals surface area contributed by atoms with Crippen molar-refractivity contribution >= 4 is 17.5 Å². The van der Waals surface area contributed by atoms with Gasteiger partial charge in [-0.05, 0) is 6.92 Å². The Morgan fingerprint density at radius 3 is 2.93 bits per heavy atom. The van der Waals surface area contributed by atoms with Crippen LogP contribution >= 0.6 is 0 Å². The van der Waals surface area contributed by atoms with Crippen molar-refractivity contribution in [1.82, 2.24) is 15.3 Å². The van der Waals surface area contributed by atoms with E-state index in [1.807, 2.05) is 6.92 Å². The van der Waals surface area contributed by atoms with E-state index in [1.54, 1.807) is 7.05 Å². The number of carbonyl (C=O) groups is 1. The zero-order valence-electron chi connectivity index (χ0n) is 8.87. The Kier molecular flexibility index (Phi) is 3.84. The van der Waals surface area contributed by atoms with E-state index in [1.165, 1.54) is 6.33 Å². The fraction of sp³-hybridized carbons (Fsp3) is 0.444. The maximum Gasteiger partial charge on any atom is 0.221 e. The Bertz CT molecular complexity index is 352. The third kappa shape index (κ3) is 3.08. The number of amides is 1. The Morgan fingerprint density at radius 2 is 2.27 bits per heavy atom. The van der Waals surface area contributed by atoms with Gasteiger partial charge in [-0.3, -0.25) is 4.79 Å². The second-order valence-electron chi connectivity index (χ2n) is 3.08. The van der Waals surface area contributed by atoms with Gasteiger partial charge in [-0.15, -0.1) is 0 Å². The molecule has 1 amide bonds. The van der Waals surface area contributed by atoms with Gasteiger partial charge in [0.05, 0.1) is 0 Å². The van der Waals surface area contributed by atoms with Gasteiger partial charge in [0.1, 0.15) is 18.0 Å². The molecule has 0 bridgehead atoms. The van der Waals surface area contributed by atoms with E-state index < -0.39 is 0 Å². The van der Waals surface area contributed by atoms with E-state index in [0.29, 0.717) is 24.6 Å². The molecule has 82 valence electrons. The van der Waals surface area contributed by atoms with E-state index in [0.717, 1.165) is 5.56 Å². The van der Waals surface area contributed by atoms with Gasteiger partial charge in [-0.2, -0.15) is 0 Å². The van der Waals surface area contributed by atoms with Crippen LogP contribution in [0.1, 0.15) is 12.0 Å². The molecule has 0 unspecified atom stereocenters. The van der Waals surface area contributed by atoms with E-state index in [9.17, 15) is 4.79 Å². The predicted octanol–water partition coefficient (Wildman–Crippen LogP) is -0.0848. The van der Waals surface area contributed by atoms with Crippen LogP contribution in [0, 0.1) is 6.92 Å². The lowest BCUT2D eigenvalue weighted by molar-refractivity contribution is -0.120. The van der Waals surface area contributed by atoms with E-state index in [2.05, 4.69) is 20.6 Å². The van der Waals surface area contributed by atoms with Gasteiger partial charge in [0.2, 0.25) is 5.91 Å². The maximum absolute atomic E-state index is 10.9. The van der Waals surface area contributed by atoms with Crippen LogP contribution in [0.5, 0.6) is 0 Å². The first kappa shape index (κ1) is 11.2. The second kappa shape index (κ2) is 5.14. The largest absolute Gasteiger partial charge is 0.383 e. The Morgan fingerprint density at radius 1 is 1.53 bits per heavy atom. The molecule has 4 N–H and O–H groups in total. The first-order valence-electron chi connectivity index (χ1n) is 4.66. The van der Waals surface area contributed by atoms with Crippen molar-refractivity contribution in [1.29, 1.82) is 0 Å². The average molecular weight is 209 g/mol. The Hall–Kier alpha value is -1.85. The number of rotatable bonds is 4. The number of anilines is 2. The number of aromatic nitrogens is 2. The molecular weight excluding hydrogens is 194 g/mol. The Labute approximate surface area is 88.3 Å². The highest BCUT2D eigenvalue weighted by Crippen LogP contribution is 2.14. The lowest BCUT2D eigenvalue weighted by Gasteiger charge is -2.08. The quantitative estimate of drug-likeness (QED) is 0.644. The van der Waals surface area contributed by atoms with Crippen molar-refractivity contribution in [3.8, 4) is 0 Å². The highest BCUT2D eigenvalue weighted by molar-refractivity contribution is 5.76. The number of nitrogen functional groups attached to an aromatic ring is 1. The summed E-state index contributed by atoms with van der Waals surface area (Å²) >= 11 is 0. The van der Waals surface area contributed by atoms with E-state index in [-0.39, 0.29) is 5.91 Å². The summed E-state index contributed by atoms with van der Waals surface area (Å²) in [5, 5.41) is 5.57. The zero-order chi connectivity index (χ0) is 11.3. The van der Waals surface area contributed by atoms with Gasteiger partial charge in [-0.1, -0.05) is 0 Å². The van der Waals surface area contributed by atoms with Crippen LogP contribution in [0.3, 0.4) is 0 Å². The van der Waals surface area contributed by atoms with Crippen LogP contribution < -0.4 is 16.4 Å². The molecule has 0 spiro atoms. The molecule has 0 saturated carbocycles. The molecule has 0 aromatic carbocycles. The summed E-state index contributed by atoms with van der Waals surface area (Å²) in [5.41, 5.74) is 6.41. The van der Waals surface area contributed by atoms with Crippen molar-refractivity contribution < 1.29 is 4.79 Å². The molecule has 6 heteroatoms. The highest BCUT2D eigenvalue weighted by atomic mass is 16.1. The number of nitrogens with two attached hydrogens (primary N) is 1. The van der Waals surface area contributed by atoms with Gasteiger partial charge in [-0.25, -0.2) is 9.97 Å². The van der Waals surface area contributed by atoms with Gasteiger partial charge < -0.3 is 16.4 Å². The summed E-state index contributed by atoms with van der Waals surface area (Å²) in [6.07, 6.45) is 1.80. The highest BCUT2D eigenvalue weighted by Gasteiger charge is 2.04. The second-order valence-corrected chi connectivity index (χ2v) is 3.08. The number of hydrogen-bond acceptors (Lipinski definition) is 5. The third-order valence-corrected chi connectivity index (χ3v) is 2.05. The minimum atomic E-state index is -0.0119. The molecular formula is C9H15N5O. The fourth-order valence-corrected chi connectivity index (χ4v) is 1.06. The van der Waals surface area contributed by atoms with Crippen molar-refractivity contribution in [3.63, 3.8) is 0 Å². The molecule has 0 aliphatic heterocycles. The SMILES string of the molecule is CNC(=O)CCNc1ncnc(N)c1C. The molecule has 1 heterocycles. The molecule has 1 aromatic rings. The van der Waals surface area contributed by atoms with Gasteiger partial charge in [0, 0.05) is 25.6 Å². The Balaban J connectivity index is 2.51. The lowest BCUT2D eigenvalue weighted by atomic mass is 10.3. The van der Waals surface area contributed by atoms with Gasteiger partial charge in [0.15, 0.2) is 0 Å². The van der Waals surface area contributed by atoms with E-state index >= 15 is 0 Å². The molecule has 1 rings (SSSR count). The predicted molar refractivity (Wildman–Crippen MR) is 58.4 cm³/mol. The first-order chi connectivity index (χ1) is 7.15. The molecule has 6 nitrogen and oxygen atoms in total. The van der Waals surface area contributed by atoms with Crippen LogP contribution in [0.15, 0.2) is 6.33 Å². The molecule has 0 radical (unpaired) electrons. The summed E-state index contributed by atoms with van der Waals surface area (Å²) < 4.78 is 0. The topological polar surface area (TPSA) is 92.9 Å². The lowest BCUT2D eigenvalue weighted by Crippen LogP contribution is -2.21. The van der Waals surface area contributed by atoms with Crippen LogP contribution in [-0.2, 0) is 4.79 Å². The molecule has 15 heavy (non-hydrogen) atoms. The average Bonchev–Trinajstić information content (AvgIpc) is 2.24. The zero-order valence-corrected chi connectivity index (χ0v) is 8.87. The smallest absolute Gasteiger partial charge is 0.221 e. The summed E-state index contributed by atoms with van der Waals surface area (Å²) in [4.78, 5) is 18.8. The van der Waals surface area contributed by atoms with Crippen LogP contribution in [0.4, 0.5) is 11.6 Å². The monoisotopic (exact) mass is 209 g/mol. The molecule has 0 atom stereocenters. The van der Waals surface area contributed by atoms with Crippen LogP contribution in [0.2, 0.25) is 0 Å². The summed E-state index contributed by atoms with van der Waals surface area (Å²) in [6, 6.07) is 0. The molecule has 0 aliphatic carbocycles. The fourth-order valence-electron chi connectivity index (χ4n) is 1.06. The summed E-state index contributed by atoms with van der Waals surface area (Å²) in [6.45, 7) is 2.36. The summed E-state index contributed by atoms with van der Waals surface area (Å²) in [7, 11) is 1.61. The minimum Gasteiger partial charge on any atom is -0.383 e. The van der Waals surface area contributed by atoms with Gasteiger partial charge >= 0.3 is 0 Å². The normalized spacial score (nSPS) is 9.73. The van der Waals surface area contributed by atoms with Crippen molar-refractivity contribution in [2.75, 3.05) is 24.6 Å². The summed E-state index contributed by atoms with van der Waals surface area (Å²) in [5.74, 6) is 1.11. The molecule has 0 saturated heterocycles. The standard InChI is InChI=1S/C9H15N5O/c1-6-8(10)13-5-14-9(6)12-4-3-7(15)11-2/h5H,3-4H2,1-2H3,(H,11,15)(H3,10,12,13,14). The van der Waals surface area contributed by atoms with E-state index in [4.69, 9.17) is 5.73 Å². The first-order valence-corrected chi connectivity index (χ1v) is 4.66. The molecule has 0 aliphatic rings. The number of nitrogens with one attached hydrogen (secondary N) is 2. The van der Waals surface area contributed by atoms with Crippen molar-refractivity contribution in [2.45, 2.75) is 13.3 Å². The number of nitrogens with zero attached hydrogens (tertiary/aromatic N) is 2. The molecule has 0 fully saturated rings. The number of hydrogen-bond donors (Lipinski definition) is 3. The molecule has 1 aromatic heterocycles. The van der Waals surface area contributed by atoms with Crippen molar-refractivity contribution in [3.05, 3.63) is 11.9 Å². The third-order valence-electron chi connectivity index (χ3n) is 2.05. The van der Waals surface area contributed by atoms with Crippen molar-refractivity contribution in [2.24, 2.45) is 0 Å². The van der Waals surface area contributed by atoms with Gasteiger partial charge in [0.25, 0.3) is 0 Å². The number of carbonyl (C=O) groups excluding carboxylic acids is 1.